The molecule has 0 amide bonds. The van der Waals surface area contributed by atoms with Gasteiger partial charge < -0.3 is 0 Å². The zero-order chi connectivity index (χ0) is 12.7. The normalized spacial score (nSPS) is 17.8. The third-order valence-corrected chi connectivity index (χ3v) is 3.55. The van der Waals surface area contributed by atoms with Crippen molar-refractivity contribution < 1.29 is 4.79 Å². The Hall–Kier alpha value is -1.97. The predicted octanol–water partition coefficient (Wildman–Crippen LogP) is 2.04. The first-order valence-corrected chi connectivity index (χ1v) is 6.15. The maximum Gasteiger partial charge on any atom is 0.175 e. The number of hydrogen-bond donors (Lipinski definition) is 0. The lowest BCUT2D eigenvalue weighted by molar-refractivity contribution is 0.0957. The molecule has 1 unspecified atom stereocenters. The SMILES string of the molecule is Cc1nn(C)cc1C(=O)C1CCc2cccnc21. The molecule has 2 aromatic heterocycles. The molecular formula is C14H15N3O. The summed E-state index contributed by atoms with van der Waals surface area (Å²) in [6, 6.07) is 3.99. The number of pyridine rings is 1. The van der Waals surface area contributed by atoms with Crippen LogP contribution >= 0.6 is 0 Å². The van der Waals surface area contributed by atoms with Gasteiger partial charge >= 0.3 is 0 Å². The lowest BCUT2D eigenvalue weighted by Crippen LogP contribution is -2.11. The number of ketones is 1. The van der Waals surface area contributed by atoms with Gasteiger partial charge in [-0.2, -0.15) is 5.10 Å². The molecule has 1 atom stereocenters. The quantitative estimate of drug-likeness (QED) is 0.756. The van der Waals surface area contributed by atoms with Crippen LogP contribution in [0.1, 0.15) is 39.6 Å². The zero-order valence-electron chi connectivity index (χ0n) is 10.6. The second-order valence-corrected chi connectivity index (χ2v) is 4.81. The highest BCUT2D eigenvalue weighted by Gasteiger charge is 2.31. The van der Waals surface area contributed by atoms with E-state index in [1.807, 2.05) is 20.0 Å². The van der Waals surface area contributed by atoms with Crippen LogP contribution in [-0.2, 0) is 13.5 Å². The highest BCUT2D eigenvalue weighted by Crippen LogP contribution is 2.34. The molecule has 0 spiro atoms. The van der Waals surface area contributed by atoms with E-state index in [0.29, 0.717) is 0 Å². The minimum absolute atomic E-state index is 0.0934. The number of fused-ring (bicyclic) bond motifs is 1. The van der Waals surface area contributed by atoms with E-state index >= 15 is 0 Å². The summed E-state index contributed by atoms with van der Waals surface area (Å²) in [7, 11) is 1.84. The first kappa shape index (κ1) is 11.1. The summed E-state index contributed by atoms with van der Waals surface area (Å²) in [5.41, 5.74) is 3.68. The molecule has 0 bridgehead atoms. The Morgan fingerprint density at radius 2 is 2.33 bits per heavy atom. The molecule has 92 valence electrons. The number of hydrogen-bond acceptors (Lipinski definition) is 3. The van der Waals surface area contributed by atoms with E-state index in [1.54, 1.807) is 17.1 Å². The first-order chi connectivity index (χ1) is 8.66. The Bertz CT molecular complexity index is 615. The van der Waals surface area contributed by atoms with Crippen molar-refractivity contribution in [3.8, 4) is 0 Å². The Labute approximate surface area is 106 Å². The summed E-state index contributed by atoms with van der Waals surface area (Å²) in [6.45, 7) is 1.88. The van der Waals surface area contributed by atoms with Gasteiger partial charge in [0.25, 0.3) is 0 Å². The summed E-state index contributed by atoms with van der Waals surface area (Å²) >= 11 is 0. The standard InChI is InChI=1S/C14H15N3O/c1-9-12(8-17(2)16-9)14(18)11-6-5-10-4-3-7-15-13(10)11/h3-4,7-8,11H,5-6H2,1-2H3. The van der Waals surface area contributed by atoms with Crippen LogP contribution in [0.4, 0.5) is 0 Å². The van der Waals surface area contributed by atoms with E-state index < -0.39 is 0 Å². The molecule has 0 fully saturated rings. The fraction of sp³-hybridized carbons (Fsp3) is 0.357. The molecule has 1 aliphatic carbocycles. The van der Waals surface area contributed by atoms with Crippen molar-refractivity contribution in [2.75, 3.05) is 0 Å². The van der Waals surface area contributed by atoms with Gasteiger partial charge in [0.15, 0.2) is 5.78 Å². The number of nitrogens with zero attached hydrogens (tertiary/aromatic N) is 3. The number of carbonyl (C=O) groups excluding carboxylic acids is 1. The molecule has 3 rings (SSSR count). The molecular weight excluding hydrogens is 226 g/mol. The Kier molecular flexibility index (Phi) is 2.51. The van der Waals surface area contributed by atoms with Crippen molar-refractivity contribution in [1.82, 2.24) is 14.8 Å². The van der Waals surface area contributed by atoms with Gasteiger partial charge in [0, 0.05) is 19.4 Å². The molecule has 4 nitrogen and oxygen atoms in total. The minimum atomic E-state index is -0.0934. The van der Waals surface area contributed by atoms with Crippen LogP contribution in [0.15, 0.2) is 24.5 Å². The van der Waals surface area contributed by atoms with Gasteiger partial charge in [0.2, 0.25) is 0 Å². The molecule has 2 aromatic rings. The highest BCUT2D eigenvalue weighted by atomic mass is 16.1. The maximum absolute atomic E-state index is 12.6. The summed E-state index contributed by atoms with van der Waals surface area (Å²) in [4.78, 5) is 16.9. The average Bonchev–Trinajstić information content (AvgIpc) is 2.92. The fourth-order valence-electron chi connectivity index (χ4n) is 2.70. The van der Waals surface area contributed by atoms with Crippen LogP contribution < -0.4 is 0 Å². The van der Waals surface area contributed by atoms with Gasteiger partial charge in [0.1, 0.15) is 0 Å². The molecule has 0 saturated carbocycles. The molecule has 4 heteroatoms. The summed E-state index contributed by atoms with van der Waals surface area (Å²) < 4.78 is 1.69. The molecule has 0 N–H and O–H groups in total. The third-order valence-electron chi connectivity index (χ3n) is 3.55. The van der Waals surface area contributed by atoms with Gasteiger partial charge in [0.05, 0.1) is 22.9 Å². The van der Waals surface area contributed by atoms with E-state index in [1.165, 1.54) is 5.56 Å². The van der Waals surface area contributed by atoms with Crippen molar-refractivity contribution in [3.05, 3.63) is 47.0 Å². The lowest BCUT2D eigenvalue weighted by atomic mass is 9.96. The van der Waals surface area contributed by atoms with Crippen molar-refractivity contribution in [2.24, 2.45) is 7.05 Å². The van der Waals surface area contributed by atoms with Gasteiger partial charge in [-0.1, -0.05) is 6.07 Å². The summed E-state index contributed by atoms with van der Waals surface area (Å²) in [5.74, 6) is 0.0575. The van der Waals surface area contributed by atoms with Crippen molar-refractivity contribution in [3.63, 3.8) is 0 Å². The lowest BCUT2D eigenvalue weighted by Gasteiger charge is -2.08. The van der Waals surface area contributed by atoms with E-state index in [4.69, 9.17) is 0 Å². The Morgan fingerprint density at radius 1 is 1.50 bits per heavy atom. The second-order valence-electron chi connectivity index (χ2n) is 4.81. The van der Waals surface area contributed by atoms with E-state index in [9.17, 15) is 4.79 Å². The van der Waals surface area contributed by atoms with Crippen molar-refractivity contribution in [1.29, 1.82) is 0 Å². The van der Waals surface area contributed by atoms with Gasteiger partial charge in [-0.15, -0.1) is 0 Å². The van der Waals surface area contributed by atoms with Gasteiger partial charge in [-0.3, -0.25) is 14.5 Å². The molecule has 0 radical (unpaired) electrons. The molecule has 0 saturated heterocycles. The maximum atomic E-state index is 12.6. The van der Waals surface area contributed by atoms with E-state index in [-0.39, 0.29) is 11.7 Å². The molecule has 0 aliphatic heterocycles. The number of aromatic nitrogens is 3. The van der Waals surface area contributed by atoms with Crippen LogP contribution in [0.2, 0.25) is 0 Å². The summed E-state index contributed by atoms with van der Waals surface area (Å²) in [5, 5.41) is 4.23. The van der Waals surface area contributed by atoms with E-state index in [2.05, 4.69) is 16.1 Å². The molecule has 1 aliphatic rings. The predicted molar refractivity (Wildman–Crippen MR) is 67.6 cm³/mol. The van der Waals surface area contributed by atoms with Gasteiger partial charge in [-0.25, -0.2) is 0 Å². The first-order valence-electron chi connectivity index (χ1n) is 6.15. The van der Waals surface area contributed by atoms with Gasteiger partial charge in [-0.05, 0) is 31.4 Å². The molecule has 18 heavy (non-hydrogen) atoms. The van der Waals surface area contributed by atoms with Crippen LogP contribution in [-0.4, -0.2) is 20.5 Å². The van der Waals surface area contributed by atoms with Crippen LogP contribution in [0.5, 0.6) is 0 Å². The fourth-order valence-corrected chi connectivity index (χ4v) is 2.70. The number of rotatable bonds is 2. The zero-order valence-corrected chi connectivity index (χ0v) is 10.6. The highest BCUT2D eigenvalue weighted by molar-refractivity contribution is 6.02. The molecule has 2 heterocycles. The van der Waals surface area contributed by atoms with Crippen molar-refractivity contribution in [2.45, 2.75) is 25.7 Å². The Morgan fingerprint density at radius 3 is 3.06 bits per heavy atom. The smallest absolute Gasteiger partial charge is 0.175 e. The average molecular weight is 241 g/mol. The monoisotopic (exact) mass is 241 g/mol. The van der Waals surface area contributed by atoms with Crippen LogP contribution in [0.25, 0.3) is 0 Å². The number of Topliss-reactive ketones (excluding diaryl/α,β-unsaturated/α-hetero) is 1. The number of carbonyl (C=O) groups is 1. The largest absolute Gasteiger partial charge is 0.293 e. The Balaban J connectivity index is 1.98. The summed E-state index contributed by atoms with van der Waals surface area (Å²) in [6.07, 6.45) is 5.37. The number of aryl methyl sites for hydroxylation is 3. The third kappa shape index (κ3) is 1.65. The van der Waals surface area contributed by atoms with Crippen LogP contribution in [0, 0.1) is 6.92 Å². The molecule has 0 aromatic carbocycles. The van der Waals surface area contributed by atoms with Crippen molar-refractivity contribution >= 4 is 5.78 Å². The van der Waals surface area contributed by atoms with E-state index in [0.717, 1.165) is 29.8 Å². The second kappa shape index (κ2) is 4.05. The topological polar surface area (TPSA) is 47.8 Å². The minimum Gasteiger partial charge on any atom is -0.293 e. The van der Waals surface area contributed by atoms with Crippen LogP contribution in [0.3, 0.4) is 0 Å².